The highest BCUT2D eigenvalue weighted by Gasteiger charge is 2.51. The summed E-state index contributed by atoms with van der Waals surface area (Å²) in [5.41, 5.74) is 0.874. The maximum atomic E-state index is 12.9. The maximum Gasteiger partial charge on any atom is 0.307 e. The van der Waals surface area contributed by atoms with Gasteiger partial charge in [0.2, 0.25) is 5.91 Å². The number of carbonyl (C=O) groups excluding carboxylic acids is 1. The van der Waals surface area contributed by atoms with Crippen LogP contribution in [-0.2, 0) is 16.1 Å². The lowest BCUT2D eigenvalue weighted by Gasteiger charge is -2.22. The fraction of sp³-hybridized carbons (Fsp3) is 0.467. The van der Waals surface area contributed by atoms with E-state index < -0.39 is 11.9 Å². The van der Waals surface area contributed by atoms with Crippen LogP contribution in [0.4, 0.5) is 4.39 Å². The molecule has 1 aromatic carbocycles. The molecule has 1 aromatic rings. The lowest BCUT2D eigenvalue weighted by molar-refractivity contribution is -0.142. The van der Waals surface area contributed by atoms with Crippen LogP contribution in [0.1, 0.15) is 24.8 Å². The Morgan fingerprint density at radius 1 is 1.20 bits per heavy atom. The van der Waals surface area contributed by atoms with Gasteiger partial charge in [-0.1, -0.05) is 12.1 Å². The molecule has 0 aliphatic heterocycles. The van der Waals surface area contributed by atoms with Gasteiger partial charge in [0.15, 0.2) is 0 Å². The van der Waals surface area contributed by atoms with E-state index in [1.807, 2.05) is 0 Å². The first kappa shape index (κ1) is 13.1. The molecule has 0 bridgehead atoms. The van der Waals surface area contributed by atoms with Gasteiger partial charge in [0, 0.05) is 12.6 Å². The van der Waals surface area contributed by atoms with Crippen molar-refractivity contribution in [1.82, 2.24) is 4.90 Å². The molecule has 3 rings (SSSR count). The van der Waals surface area contributed by atoms with E-state index in [1.54, 1.807) is 17.0 Å². The standard InChI is InChI=1S/C15H16FNO3/c16-10-3-1-9(2-4-10)8-17(11-5-6-11)14(18)12-7-13(12)15(19)20/h1-4,11-13H,5-8H2,(H,19,20)/t12-,13-/m1/s1. The summed E-state index contributed by atoms with van der Waals surface area (Å²) in [5.74, 6) is -2.14. The van der Waals surface area contributed by atoms with E-state index in [9.17, 15) is 14.0 Å². The molecule has 2 aliphatic carbocycles. The molecule has 2 saturated carbocycles. The van der Waals surface area contributed by atoms with Gasteiger partial charge in [-0.05, 0) is 37.0 Å². The first-order valence-electron chi connectivity index (χ1n) is 6.84. The van der Waals surface area contributed by atoms with Crippen molar-refractivity contribution in [3.8, 4) is 0 Å². The summed E-state index contributed by atoms with van der Waals surface area (Å²) in [5, 5.41) is 8.92. The molecule has 1 N–H and O–H groups in total. The van der Waals surface area contributed by atoms with Crippen LogP contribution in [0.3, 0.4) is 0 Å². The molecule has 0 unspecified atom stereocenters. The Bertz CT molecular complexity index is 539. The first-order chi connectivity index (χ1) is 9.56. The van der Waals surface area contributed by atoms with Gasteiger partial charge < -0.3 is 10.0 Å². The van der Waals surface area contributed by atoms with Crippen molar-refractivity contribution in [3.05, 3.63) is 35.6 Å². The molecular weight excluding hydrogens is 261 g/mol. The fourth-order valence-corrected chi connectivity index (χ4v) is 2.51. The normalized spacial score (nSPS) is 24.2. The van der Waals surface area contributed by atoms with Crippen molar-refractivity contribution in [2.75, 3.05) is 0 Å². The number of benzene rings is 1. The van der Waals surface area contributed by atoms with Gasteiger partial charge in [-0.15, -0.1) is 0 Å². The predicted molar refractivity (Wildman–Crippen MR) is 69.2 cm³/mol. The molecule has 20 heavy (non-hydrogen) atoms. The van der Waals surface area contributed by atoms with Crippen molar-refractivity contribution in [1.29, 1.82) is 0 Å². The zero-order valence-corrected chi connectivity index (χ0v) is 11.0. The van der Waals surface area contributed by atoms with Gasteiger partial charge in [-0.25, -0.2) is 4.39 Å². The van der Waals surface area contributed by atoms with Gasteiger partial charge in [-0.2, -0.15) is 0 Å². The number of carboxylic acids is 1. The van der Waals surface area contributed by atoms with Crippen LogP contribution in [0.5, 0.6) is 0 Å². The number of rotatable bonds is 5. The molecule has 2 fully saturated rings. The molecule has 106 valence electrons. The second-order valence-electron chi connectivity index (χ2n) is 5.61. The average Bonchev–Trinajstić information content (AvgIpc) is 3.28. The van der Waals surface area contributed by atoms with Crippen LogP contribution in [0, 0.1) is 17.7 Å². The Balaban J connectivity index is 1.68. The minimum absolute atomic E-state index is 0.0655. The molecule has 0 spiro atoms. The molecule has 0 saturated heterocycles. The second kappa shape index (κ2) is 4.89. The zero-order chi connectivity index (χ0) is 14.3. The minimum Gasteiger partial charge on any atom is -0.481 e. The Morgan fingerprint density at radius 2 is 1.85 bits per heavy atom. The third-order valence-electron chi connectivity index (χ3n) is 3.96. The van der Waals surface area contributed by atoms with Crippen LogP contribution in [0.2, 0.25) is 0 Å². The summed E-state index contributed by atoms with van der Waals surface area (Å²) >= 11 is 0. The average molecular weight is 277 g/mol. The third kappa shape index (κ3) is 2.66. The van der Waals surface area contributed by atoms with Gasteiger partial charge in [0.1, 0.15) is 5.82 Å². The largest absolute Gasteiger partial charge is 0.481 e. The van der Waals surface area contributed by atoms with Crippen LogP contribution >= 0.6 is 0 Å². The van der Waals surface area contributed by atoms with Gasteiger partial charge in [0.25, 0.3) is 0 Å². The number of hydrogen-bond acceptors (Lipinski definition) is 2. The molecule has 2 atom stereocenters. The summed E-state index contributed by atoms with van der Waals surface area (Å²) in [6, 6.07) is 6.31. The number of amides is 1. The highest BCUT2D eigenvalue weighted by atomic mass is 19.1. The number of halogens is 1. The Labute approximate surface area is 116 Å². The lowest BCUT2D eigenvalue weighted by Crippen LogP contribution is -2.34. The number of carboxylic acid groups (broad SMARTS) is 1. The minimum atomic E-state index is -0.888. The van der Waals surface area contributed by atoms with Crippen LogP contribution < -0.4 is 0 Å². The molecule has 0 radical (unpaired) electrons. The van der Waals surface area contributed by atoms with E-state index in [2.05, 4.69) is 0 Å². The fourth-order valence-electron chi connectivity index (χ4n) is 2.51. The van der Waals surface area contributed by atoms with E-state index in [4.69, 9.17) is 5.11 Å². The number of hydrogen-bond donors (Lipinski definition) is 1. The zero-order valence-electron chi connectivity index (χ0n) is 11.0. The van der Waals surface area contributed by atoms with E-state index in [0.717, 1.165) is 18.4 Å². The molecule has 2 aliphatic rings. The molecule has 4 nitrogen and oxygen atoms in total. The highest BCUT2D eigenvalue weighted by molar-refractivity contribution is 5.89. The quantitative estimate of drug-likeness (QED) is 0.896. The summed E-state index contributed by atoms with van der Waals surface area (Å²) < 4.78 is 12.9. The molecule has 0 heterocycles. The van der Waals surface area contributed by atoms with Crippen LogP contribution in [-0.4, -0.2) is 27.9 Å². The van der Waals surface area contributed by atoms with Crippen LogP contribution in [0.25, 0.3) is 0 Å². The van der Waals surface area contributed by atoms with Crippen molar-refractivity contribution >= 4 is 11.9 Å². The molecule has 1 amide bonds. The smallest absolute Gasteiger partial charge is 0.307 e. The van der Waals surface area contributed by atoms with E-state index in [1.165, 1.54) is 12.1 Å². The third-order valence-corrected chi connectivity index (χ3v) is 3.96. The van der Waals surface area contributed by atoms with Crippen molar-refractivity contribution in [2.24, 2.45) is 11.8 Å². The van der Waals surface area contributed by atoms with Crippen molar-refractivity contribution in [2.45, 2.75) is 31.8 Å². The van der Waals surface area contributed by atoms with Crippen molar-refractivity contribution < 1.29 is 19.1 Å². The number of carbonyl (C=O) groups is 2. The SMILES string of the molecule is O=C(O)[C@@H]1C[C@H]1C(=O)N(Cc1ccc(F)cc1)C1CC1. The summed E-state index contributed by atoms with van der Waals surface area (Å²) in [7, 11) is 0. The van der Waals surface area contributed by atoms with Gasteiger partial charge in [-0.3, -0.25) is 9.59 Å². The lowest BCUT2D eigenvalue weighted by atomic mass is 10.2. The predicted octanol–water partition coefficient (Wildman–Crippen LogP) is 2.04. The second-order valence-corrected chi connectivity index (χ2v) is 5.61. The van der Waals surface area contributed by atoms with Crippen LogP contribution in [0.15, 0.2) is 24.3 Å². The summed E-state index contributed by atoms with van der Waals surface area (Å²) in [6.45, 7) is 0.437. The molecule has 5 heteroatoms. The van der Waals surface area contributed by atoms with Crippen molar-refractivity contribution in [3.63, 3.8) is 0 Å². The van der Waals surface area contributed by atoms with Gasteiger partial charge >= 0.3 is 5.97 Å². The first-order valence-corrected chi connectivity index (χ1v) is 6.84. The Kier molecular flexibility index (Phi) is 3.20. The Hall–Kier alpha value is -1.91. The van der Waals surface area contributed by atoms with E-state index >= 15 is 0 Å². The highest BCUT2D eigenvalue weighted by Crippen LogP contribution is 2.42. The molecule has 0 aromatic heterocycles. The van der Waals surface area contributed by atoms with Gasteiger partial charge in [0.05, 0.1) is 11.8 Å². The topological polar surface area (TPSA) is 57.6 Å². The number of nitrogens with zero attached hydrogens (tertiary/aromatic N) is 1. The molecular formula is C15H16FNO3. The Morgan fingerprint density at radius 3 is 2.35 bits per heavy atom. The summed E-state index contributed by atoms with van der Waals surface area (Å²) in [4.78, 5) is 25.0. The van der Waals surface area contributed by atoms with E-state index in [-0.39, 0.29) is 23.7 Å². The monoisotopic (exact) mass is 277 g/mol. The maximum absolute atomic E-state index is 12.9. The summed E-state index contributed by atoms with van der Waals surface area (Å²) in [6.07, 6.45) is 2.38. The van der Waals surface area contributed by atoms with E-state index in [0.29, 0.717) is 13.0 Å². The number of aliphatic carboxylic acids is 1.